The van der Waals surface area contributed by atoms with Crippen LogP contribution in [0.5, 0.6) is 0 Å². The van der Waals surface area contributed by atoms with Gasteiger partial charge in [0.1, 0.15) is 0 Å². The molecule has 2 N–H and O–H groups in total. The van der Waals surface area contributed by atoms with E-state index in [-0.39, 0.29) is 10.5 Å². The van der Waals surface area contributed by atoms with Crippen LogP contribution in [0.1, 0.15) is 49.5 Å². The van der Waals surface area contributed by atoms with Crippen molar-refractivity contribution in [1.29, 1.82) is 0 Å². The number of nitrogens with zero attached hydrogens (tertiary/aromatic N) is 1. The number of sulfonamides is 1. The molecule has 1 amide bonds. The van der Waals surface area contributed by atoms with Crippen molar-refractivity contribution in [3.05, 3.63) is 29.3 Å². The Morgan fingerprint density at radius 2 is 1.71 bits per heavy atom. The molecule has 0 radical (unpaired) electrons. The molecule has 0 saturated heterocycles. The van der Waals surface area contributed by atoms with Crippen LogP contribution >= 0.6 is 0 Å². The van der Waals surface area contributed by atoms with Crippen molar-refractivity contribution < 1.29 is 13.2 Å². The van der Waals surface area contributed by atoms with Gasteiger partial charge < -0.3 is 5.73 Å². The molecule has 0 bridgehead atoms. The normalized spacial score (nSPS) is 11.8. The summed E-state index contributed by atoms with van der Waals surface area (Å²) in [5, 5.41) is 0. The van der Waals surface area contributed by atoms with E-state index in [9.17, 15) is 13.2 Å². The Labute approximate surface area is 127 Å². The van der Waals surface area contributed by atoms with Gasteiger partial charge in [0.25, 0.3) is 0 Å². The molecule has 0 saturated carbocycles. The Morgan fingerprint density at radius 3 is 2.14 bits per heavy atom. The molecule has 0 fully saturated rings. The first-order valence-corrected chi connectivity index (χ1v) is 8.75. The summed E-state index contributed by atoms with van der Waals surface area (Å²) in [4.78, 5) is 11.7. The molecule has 1 aromatic rings. The lowest BCUT2D eigenvalue weighted by Crippen LogP contribution is -2.34. The molecule has 0 aliphatic rings. The molecule has 21 heavy (non-hydrogen) atoms. The molecular weight excluding hydrogens is 288 g/mol. The van der Waals surface area contributed by atoms with Crippen molar-refractivity contribution in [1.82, 2.24) is 4.31 Å². The highest BCUT2D eigenvalue weighted by Crippen LogP contribution is 2.25. The first-order chi connectivity index (χ1) is 9.89. The van der Waals surface area contributed by atoms with Crippen LogP contribution in [0.2, 0.25) is 0 Å². The Balaban J connectivity index is 3.51. The zero-order valence-corrected chi connectivity index (χ0v) is 13.7. The third-order valence-electron chi connectivity index (χ3n) is 3.29. The third kappa shape index (κ3) is 3.83. The third-order valence-corrected chi connectivity index (χ3v) is 5.33. The molecule has 6 heteroatoms. The van der Waals surface area contributed by atoms with Crippen molar-refractivity contribution in [3.63, 3.8) is 0 Å². The van der Waals surface area contributed by atoms with E-state index in [2.05, 4.69) is 0 Å². The quantitative estimate of drug-likeness (QED) is 0.798. The predicted octanol–water partition coefficient (Wildman–Crippen LogP) is 2.16. The second-order valence-corrected chi connectivity index (χ2v) is 6.79. The minimum Gasteiger partial charge on any atom is -0.366 e. The summed E-state index contributed by atoms with van der Waals surface area (Å²) >= 11 is 0. The average molecular weight is 312 g/mol. The smallest absolute Gasteiger partial charge is 0.250 e. The fourth-order valence-corrected chi connectivity index (χ4v) is 4.44. The molecule has 0 atom stereocenters. The van der Waals surface area contributed by atoms with Crippen LogP contribution in [-0.2, 0) is 16.4 Å². The summed E-state index contributed by atoms with van der Waals surface area (Å²) in [5.74, 6) is -0.711. The van der Waals surface area contributed by atoms with Crippen LogP contribution in [0.25, 0.3) is 0 Å². The number of aryl methyl sites for hydroxylation is 1. The maximum atomic E-state index is 12.9. The number of primary amides is 1. The Hall–Kier alpha value is -1.40. The maximum Gasteiger partial charge on any atom is 0.250 e. The van der Waals surface area contributed by atoms with Crippen LogP contribution in [-0.4, -0.2) is 31.7 Å². The molecule has 0 aliphatic carbocycles. The molecule has 0 heterocycles. The van der Waals surface area contributed by atoms with E-state index in [0.717, 1.165) is 12.8 Å². The zero-order valence-electron chi connectivity index (χ0n) is 12.9. The van der Waals surface area contributed by atoms with Gasteiger partial charge in [-0.3, -0.25) is 4.79 Å². The monoisotopic (exact) mass is 312 g/mol. The maximum absolute atomic E-state index is 12.9. The van der Waals surface area contributed by atoms with E-state index in [1.54, 1.807) is 12.1 Å². The van der Waals surface area contributed by atoms with Crippen molar-refractivity contribution in [2.24, 2.45) is 5.73 Å². The minimum absolute atomic E-state index is 0.0712. The van der Waals surface area contributed by atoms with Gasteiger partial charge >= 0.3 is 0 Å². The van der Waals surface area contributed by atoms with Crippen molar-refractivity contribution in [2.45, 2.75) is 44.9 Å². The lowest BCUT2D eigenvalue weighted by atomic mass is 10.1. The SMILES string of the molecule is CCCN(CCC)S(=O)(=O)c1c(CC)cccc1C(N)=O. The number of hydrogen-bond acceptors (Lipinski definition) is 3. The Morgan fingerprint density at radius 1 is 1.14 bits per heavy atom. The number of amides is 1. The molecule has 0 aromatic heterocycles. The van der Waals surface area contributed by atoms with Crippen LogP contribution in [0, 0.1) is 0 Å². The van der Waals surface area contributed by atoms with E-state index < -0.39 is 15.9 Å². The largest absolute Gasteiger partial charge is 0.366 e. The molecule has 118 valence electrons. The van der Waals surface area contributed by atoms with Gasteiger partial charge in [0, 0.05) is 13.1 Å². The van der Waals surface area contributed by atoms with Crippen LogP contribution < -0.4 is 5.73 Å². The van der Waals surface area contributed by atoms with E-state index in [0.29, 0.717) is 25.1 Å². The van der Waals surface area contributed by atoms with Gasteiger partial charge in [-0.15, -0.1) is 0 Å². The summed E-state index contributed by atoms with van der Waals surface area (Å²) in [5.41, 5.74) is 6.06. The van der Waals surface area contributed by atoms with Gasteiger partial charge in [0.2, 0.25) is 15.9 Å². The summed E-state index contributed by atoms with van der Waals surface area (Å²) < 4.78 is 27.3. The van der Waals surface area contributed by atoms with Gasteiger partial charge in [-0.05, 0) is 30.9 Å². The van der Waals surface area contributed by atoms with E-state index in [1.165, 1.54) is 10.4 Å². The second-order valence-electron chi connectivity index (χ2n) is 4.92. The van der Waals surface area contributed by atoms with Crippen molar-refractivity contribution in [3.8, 4) is 0 Å². The van der Waals surface area contributed by atoms with Gasteiger partial charge in [0.05, 0.1) is 10.5 Å². The number of carbonyl (C=O) groups excluding carboxylic acids is 1. The average Bonchev–Trinajstić information content (AvgIpc) is 2.46. The van der Waals surface area contributed by atoms with Crippen LogP contribution in [0.15, 0.2) is 23.1 Å². The van der Waals surface area contributed by atoms with E-state index in [4.69, 9.17) is 5.73 Å². The van der Waals surface area contributed by atoms with Gasteiger partial charge in [-0.25, -0.2) is 8.42 Å². The summed E-state index contributed by atoms with van der Waals surface area (Å²) in [6, 6.07) is 4.88. The number of nitrogens with two attached hydrogens (primary N) is 1. The first-order valence-electron chi connectivity index (χ1n) is 7.31. The van der Waals surface area contributed by atoms with E-state index >= 15 is 0 Å². The molecule has 0 unspecified atom stereocenters. The number of rotatable bonds is 8. The molecule has 1 aromatic carbocycles. The fraction of sp³-hybridized carbons (Fsp3) is 0.533. The highest BCUT2D eigenvalue weighted by atomic mass is 32.2. The highest BCUT2D eigenvalue weighted by Gasteiger charge is 2.29. The number of hydrogen-bond donors (Lipinski definition) is 1. The van der Waals surface area contributed by atoms with Gasteiger partial charge in [-0.1, -0.05) is 32.9 Å². The standard InChI is InChI=1S/C15H24N2O3S/c1-4-10-17(11-5-2)21(19,20)14-12(6-3)8-7-9-13(14)15(16)18/h7-9H,4-6,10-11H2,1-3H3,(H2,16,18). The van der Waals surface area contributed by atoms with Gasteiger partial charge in [-0.2, -0.15) is 4.31 Å². The molecule has 1 rings (SSSR count). The molecule has 0 spiro atoms. The topological polar surface area (TPSA) is 80.5 Å². The van der Waals surface area contributed by atoms with Crippen molar-refractivity contribution in [2.75, 3.05) is 13.1 Å². The first kappa shape index (κ1) is 17.7. The molecular formula is C15H24N2O3S. The summed E-state index contributed by atoms with van der Waals surface area (Å²) in [6.45, 7) is 6.60. The predicted molar refractivity (Wildman–Crippen MR) is 83.7 cm³/mol. The van der Waals surface area contributed by atoms with Crippen LogP contribution in [0.4, 0.5) is 0 Å². The van der Waals surface area contributed by atoms with Gasteiger partial charge in [0.15, 0.2) is 0 Å². The highest BCUT2D eigenvalue weighted by molar-refractivity contribution is 7.89. The Kier molecular flexibility index (Phi) is 6.36. The lowest BCUT2D eigenvalue weighted by Gasteiger charge is -2.23. The molecule has 0 aliphatic heterocycles. The zero-order chi connectivity index (χ0) is 16.0. The molecule has 5 nitrogen and oxygen atoms in total. The second kappa shape index (κ2) is 7.56. The Bertz CT molecular complexity index is 591. The van der Waals surface area contributed by atoms with Crippen molar-refractivity contribution >= 4 is 15.9 Å². The number of benzene rings is 1. The summed E-state index contributed by atoms with van der Waals surface area (Å²) in [7, 11) is -3.71. The summed E-state index contributed by atoms with van der Waals surface area (Å²) in [6.07, 6.45) is 1.97. The minimum atomic E-state index is -3.71. The number of carbonyl (C=O) groups is 1. The lowest BCUT2D eigenvalue weighted by molar-refractivity contribution is 0.0997. The fourth-order valence-electron chi connectivity index (χ4n) is 2.34. The van der Waals surface area contributed by atoms with Crippen LogP contribution in [0.3, 0.4) is 0 Å². The van der Waals surface area contributed by atoms with E-state index in [1.807, 2.05) is 20.8 Å².